The van der Waals surface area contributed by atoms with Gasteiger partial charge in [-0.15, -0.1) is 0 Å². The lowest BCUT2D eigenvalue weighted by Gasteiger charge is -2.23. The summed E-state index contributed by atoms with van der Waals surface area (Å²) in [6.07, 6.45) is 2.88. The van der Waals surface area contributed by atoms with Crippen molar-refractivity contribution in [1.29, 1.82) is 0 Å². The zero-order valence-corrected chi connectivity index (χ0v) is 11.2. The molecule has 0 aromatic carbocycles. The molecule has 4 heteroatoms. The van der Waals surface area contributed by atoms with Crippen LogP contribution in [0.15, 0.2) is 0 Å². The zero-order chi connectivity index (χ0) is 12.9. The molecule has 2 atom stereocenters. The maximum Gasteiger partial charge on any atom is 0.222 e. The molecule has 1 rings (SSSR count). The molecule has 1 amide bonds. The second-order valence-electron chi connectivity index (χ2n) is 5.50. The molecule has 1 heterocycles. The zero-order valence-electron chi connectivity index (χ0n) is 11.2. The van der Waals surface area contributed by atoms with Gasteiger partial charge in [-0.05, 0) is 32.1 Å². The van der Waals surface area contributed by atoms with Gasteiger partial charge in [0, 0.05) is 33.2 Å². The molecule has 0 saturated carbocycles. The predicted molar refractivity (Wildman–Crippen MR) is 66.7 cm³/mol. The average molecular weight is 243 g/mol. The maximum absolute atomic E-state index is 12.0. The van der Waals surface area contributed by atoms with Gasteiger partial charge < -0.3 is 14.7 Å². The number of hydrogen-bond donors (Lipinski definition) is 1. The van der Waals surface area contributed by atoms with E-state index in [1.807, 2.05) is 18.7 Å². The number of methoxy groups -OCH3 is 1. The smallest absolute Gasteiger partial charge is 0.222 e. The molecule has 100 valence electrons. The van der Waals surface area contributed by atoms with Gasteiger partial charge in [-0.25, -0.2) is 0 Å². The summed E-state index contributed by atoms with van der Waals surface area (Å²) in [6.45, 7) is 5.95. The van der Waals surface area contributed by atoms with E-state index in [2.05, 4.69) is 0 Å². The molecule has 1 fully saturated rings. The van der Waals surface area contributed by atoms with Crippen molar-refractivity contribution in [1.82, 2.24) is 4.90 Å². The first-order valence-electron chi connectivity index (χ1n) is 6.44. The topological polar surface area (TPSA) is 49.8 Å². The predicted octanol–water partition coefficient (Wildman–Crippen LogP) is 1.42. The van der Waals surface area contributed by atoms with Crippen LogP contribution in [0.5, 0.6) is 0 Å². The molecule has 0 aromatic heterocycles. The third-order valence-electron chi connectivity index (χ3n) is 3.39. The standard InChI is InChI=1S/C13H25NO3/c1-11(10-17-3)9-12(15)14-7-4-5-13(2,16)6-8-14/h11,16H,4-10H2,1-3H3. The van der Waals surface area contributed by atoms with Gasteiger partial charge in [0.2, 0.25) is 5.91 Å². The minimum absolute atomic E-state index is 0.187. The first-order chi connectivity index (χ1) is 7.94. The van der Waals surface area contributed by atoms with Gasteiger partial charge in [0.1, 0.15) is 0 Å². The molecule has 0 aliphatic carbocycles. The molecule has 0 aromatic rings. The maximum atomic E-state index is 12.0. The van der Waals surface area contributed by atoms with Gasteiger partial charge in [0.15, 0.2) is 0 Å². The normalized spacial score (nSPS) is 27.6. The number of carbonyl (C=O) groups excluding carboxylic acids is 1. The van der Waals surface area contributed by atoms with Gasteiger partial charge in [-0.3, -0.25) is 4.79 Å². The van der Waals surface area contributed by atoms with E-state index in [-0.39, 0.29) is 11.8 Å². The van der Waals surface area contributed by atoms with Crippen LogP contribution in [0.1, 0.15) is 39.5 Å². The summed E-state index contributed by atoms with van der Waals surface area (Å²) >= 11 is 0. The Labute approximate surface area is 104 Å². The molecule has 1 N–H and O–H groups in total. The SMILES string of the molecule is COCC(C)CC(=O)N1CCCC(C)(O)CC1. The highest BCUT2D eigenvalue weighted by molar-refractivity contribution is 5.76. The first kappa shape index (κ1) is 14.5. The van der Waals surface area contributed by atoms with Crippen molar-refractivity contribution < 1.29 is 14.6 Å². The summed E-state index contributed by atoms with van der Waals surface area (Å²) in [4.78, 5) is 13.9. The molecule has 17 heavy (non-hydrogen) atoms. The molecule has 2 unspecified atom stereocenters. The van der Waals surface area contributed by atoms with Crippen LogP contribution >= 0.6 is 0 Å². The minimum atomic E-state index is -0.604. The summed E-state index contributed by atoms with van der Waals surface area (Å²) in [5, 5.41) is 9.96. The highest BCUT2D eigenvalue weighted by Crippen LogP contribution is 2.22. The highest BCUT2D eigenvalue weighted by atomic mass is 16.5. The summed E-state index contributed by atoms with van der Waals surface area (Å²) < 4.78 is 5.04. The number of hydrogen-bond acceptors (Lipinski definition) is 3. The van der Waals surface area contributed by atoms with Crippen molar-refractivity contribution in [3.8, 4) is 0 Å². The van der Waals surface area contributed by atoms with E-state index in [1.54, 1.807) is 7.11 Å². The van der Waals surface area contributed by atoms with Crippen LogP contribution in [0.25, 0.3) is 0 Å². The third kappa shape index (κ3) is 5.04. The fourth-order valence-electron chi connectivity index (χ4n) is 2.28. The first-order valence-corrected chi connectivity index (χ1v) is 6.44. The second-order valence-corrected chi connectivity index (χ2v) is 5.50. The van der Waals surface area contributed by atoms with Crippen LogP contribution in [0.3, 0.4) is 0 Å². The molecule has 1 aliphatic rings. The second kappa shape index (κ2) is 6.36. The molecule has 0 spiro atoms. The van der Waals surface area contributed by atoms with Crippen LogP contribution in [-0.2, 0) is 9.53 Å². The van der Waals surface area contributed by atoms with Crippen molar-refractivity contribution in [2.45, 2.75) is 45.1 Å². The summed E-state index contributed by atoms with van der Waals surface area (Å²) in [7, 11) is 1.66. The van der Waals surface area contributed by atoms with Gasteiger partial charge in [0.25, 0.3) is 0 Å². The number of ether oxygens (including phenoxy) is 1. The van der Waals surface area contributed by atoms with Crippen LogP contribution in [0, 0.1) is 5.92 Å². The molecule has 1 saturated heterocycles. The molecule has 4 nitrogen and oxygen atoms in total. The van der Waals surface area contributed by atoms with Crippen molar-refractivity contribution in [3.05, 3.63) is 0 Å². The third-order valence-corrected chi connectivity index (χ3v) is 3.39. The van der Waals surface area contributed by atoms with E-state index >= 15 is 0 Å². The highest BCUT2D eigenvalue weighted by Gasteiger charge is 2.27. The monoisotopic (exact) mass is 243 g/mol. The Morgan fingerprint density at radius 1 is 1.47 bits per heavy atom. The summed E-state index contributed by atoms with van der Waals surface area (Å²) in [6, 6.07) is 0. The van der Waals surface area contributed by atoms with E-state index in [1.165, 1.54) is 0 Å². The Hall–Kier alpha value is -0.610. The Balaban J connectivity index is 2.41. The molecular weight excluding hydrogens is 218 g/mol. The lowest BCUT2D eigenvalue weighted by Crippen LogP contribution is -2.34. The van der Waals surface area contributed by atoms with E-state index in [4.69, 9.17) is 4.74 Å². The van der Waals surface area contributed by atoms with Crippen molar-refractivity contribution in [2.75, 3.05) is 26.8 Å². The van der Waals surface area contributed by atoms with Gasteiger partial charge in [0.05, 0.1) is 5.60 Å². The lowest BCUT2D eigenvalue weighted by atomic mass is 9.98. The fourth-order valence-corrected chi connectivity index (χ4v) is 2.28. The average Bonchev–Trinajstić information content (AvgIpc) is 2.39. The van der Waals surface area contributed by atoms with Crippen LogP contribution in [0.2, 0.25) is 0 Å². The Morgan fingerprint density at radius 2 is 2.18 bits per heavy atom. The van der Waals surface area contributed by atoms with E-state index in [0.717, 1.165) is 19.4 Å². The number of amides is 1. The number of nitrogens with zero attached hydrogens (tertiary/aromatic N) is 1. The van der Waals surface area contributed by atoms with Gasteiger partial charge >= 0.3 is 0 Å². The van der Waals surface area contributed by atoms with E-state index in [0.29, 0.717) is 26.0 Å². The van der Waals surface area contributed by atoms with Crippen LogP contribution in [0.4, 0.5) is 0 Å². The molecule has 0 radical (unpaired) electrons. The quantitative estimate of drug-likeness (QED) is 0.812. The largest absolute Gasteiger partial charge is 0.390 e. The lowest BCUT2D eigenvalue weighted by molar-refractivity contribution is -0.132. The fraction of sp³-hybridized carbons (Fsp3) is 0.923. The van der Waals surface area contributed by atoms with Crippen LogP contribution in [-0.4, -0.2) is 48.3 Å². The van der Waals surface area contributed by atoms with Crippen LogP contribution < -0.4 is 0 Å². The summed E-state index contributed by atoms with van der Waals surface area (Å²) in [5.41, 5.74) is -0.604. The van der Waals surface area contributed by atoms with E-state index in [9.17, 15) is 9.90 Å². The number of rotatable bonds is 4. The molecular formula is C13H25NO3. The van der Waals surface area contributed by atoms with E-state index < -0.39 is 5.60 Å². The van der Waals surface area contributed by atoms with Gasteiger partial charge in [-0.2, -0.15) is 0 Å². The van der Waals surface area contributed by atoms with Gasteiger partial charge in [-0.1, -0.05) is 6.92 Å². The number of carbonyl (C=O) groups is 1. The summed E-state index contributed by atoms with van der Waals surface area (Å²) in [5.74, 6) is 0.448. The minimum Gasteiger partial charge on any atom is -0.390 e. The molecule has 0 bridgehead atoms. The Kier molecular flexibility index (Phi) is 5.40. The molecule has 1 aliphatic heterocycles. The van der Waals surface area contributed by atoms with Crippen molar-refractivity contribution in [2.24, 2.45) is 5.92 Å². The Bertz CT molecular complexity index is 253. The van der Waals surface area contributed by atoms with Crippen molar-refractivity contribution >= 4 is 5.91 Å². The number of likely N-dealkylation sites (tertiary alicyclic amines) is 1. The Morgan fingerprint density at radius 3 is 2.82 bits per heavy atom. The van der Waals surface area contributed by atoms with Crippen molar-refractivity contribution in [3.63, 3.8) is 0 Å². The number of aliphatic hydroxyl groups is 1.